The smallest absolute Gasteiger partial charge is 0.253 e. The molecule has 2 aromatic rings. The summed E-state index contributed by atoms with van der Waals surface area (Å²) in [6.45, 7) is 8.34. The van der Waals surface area contributed by atoms with Crippen molar-refractivity contribution in [2.24, 2.45) is 10.9 Å². The van der Waals surface area contributed by atoms with Gasteiger partial charge in [-0.25, -0.2) is 0 Å². The van der Waals surface area contributed by atoms with Crippen molar-refractivity contribution in [3.05, 3.63) is 59.2 Å². The Morgan fingerprint density at radius 3 is 2.51 bits per heavy atom. The standard InChI is InChI=1S/C29H36N4O2/c1-3-32(4-2)29(34)19-9-12-24-26(17-19)35-25-8-6-5-7-23(25)28(24)20-15-21-10-11-22(16-20)33(21)18-27-30-13-14-31-27/h5-9,12,17,20-22,28H,3-4,10-11,13-16,18H2,1-2H3,(H,30,31). The second-order valence-corrected chi connectivity index (χ2v) is 10.4. The van der Waals surface area contributed by atoms with Crippen LogP contribution in [0.3, 0.4) is 0 Å². The minimum Gasteiger partial charge on any atom is -0.457 e. The number of para-hydroxylation sites is 1. The molecule has 4 aliphatic heterocycles. The molecule has 2 aromatic carbocycles. The minimum atomic E-state index is 0.0756. The fourth-order valence-electron chi connectivity index (χ4n) is 6.90. The van der Waals surface area contributed by atoms with Gasteiger partial charge in [-0.05, 0) is 63.6 Å². The Hall–Kier alpha value is -2.86. The van der Waals surface area contributed by atoms with Gasteiger partial charge in [0.15, 0.2) is 0 Å². The summed E-state index contributed by atoms with van der Waals surface area (Å²) < 4.78 is 6.41. The van der Waals surface area contributed by atoms with Crippen LogP contribution in [0.15, 0.2) is 47.5 Å². The first kappa shape index (κ1) is 22.6. The van der Waals surface area contributed by atoms with Crippen LogP contribution in [-0.4, -0.2) is 66.4 Å². The molecule has 0 radical (unpaired) electrons. The van der Waals surface area contributed by atoms with Gasteiger partial charge in [-0.15, -0.1) is 0 Å². The van der Waals surface area contributed by atoms with E-state index in [1.165, 1.54) is 42.6 Å². The number of amidine groups is 1. The monoisotopic (exact) mass is 472 g/mol. The lowest BCUT2D eigenvalue weighted by Gasteiger charge is -2.43. The van der Waals surface area contributed by atoms with Gasteiger partial charge in [0.1, 0.15) is 17.3 Å². The molecule has 6 heteroatoms. The maximum Gasteiger partial charge on any atom is 0.253 e. The topological polar surface area (TPSA) is 57.2 Å². The van der Waals surface area contributed by atoms with Crippen LogP contribution in [0.25, 0.3) is 0 Å². The molecular weight excluding hydrogens is 436 g/mol. The summed E-state index contributed by atoms with van der Waals surface area (Å²) in [5.74, 6) is 3.91. The lowest BCUT2D eigenvalue weighted by molar-refractivity contribution is 0.0772. The van der Waals surface area contributed by atoms with Gasteiger partial charge in [0.25, 0.3) is 5.91 Å². The highest BCUT2D eigenvalue weighted by Gasteiger charge is 2.45. The first-order valence-corrected chi connectivity index (χ1v) is 13.4. The summed E-state index contributed by atoms with van der Waals surface area (Å²) in [5, 5.41) is 3.46. The van der Waals surface area contributed by atoms with Gasteiger partial charge in [0, 0.05) is 54.3 Å². The number of nitrogens with one attached hydrogen (secondary N) is 1. The number of ether oxygens (including phenoxy) is 1. The SMILES string of the molecule is CCN(CC)C(=O)c1ccc2c(c1)Oc1ccccc1C2C1CC2CCC(C1)N2CC1=NCCN1. The molecule has 3 atom stereocenters. The number of rotatable bonds is 6. The van der Waals surface area contributed by atoms with Crippen molar-refractivity contribution in [3.8, 4) is 11.5 Å². The van der Waals surface area contributed by atoms with Crippen LogP contribution < -0.4 is 10.1 Å². The van der Waals surface area contributed by atoms with E-state index >= 15 is 0 Å². The molecule has 4 heterocycles. The van der Waals surface area contributed by atoms with Gasteiger partial charge in [-0.1, -0.05) is 24.3 Å². The number of fused-ring (bicyclic) bond motifs is 4. The van der Waals surface area contributed by atoms with Crippen molar-refractivity contribution in [3.63, 3.8) is 0 Å². The molecule has 2 saturated heterocycles. The van der Waals surface area contributed by atoms with Crippen LogP contribution in [0.4, 0.5) is 0 Å². The molecule has 1 N–H and O–H groups in total. The van der Waals surface area contributed by atoms with E-state index in [9.17, 15) is 4.79 Å². The van der Waals surface area contributed by atoms with E-state index in [4.69, 9.17) is 4.74 Å². The minimum absolute atomic E-state index is 0.0756. The Bertz CT molecular complexity index is 1130. The number of piperidine rings is 1. The summed E-state index contributed by atoms with van der Waals surface area (Å²) in [7, 11) is 0. The quantitative estimate of drug-likeness (QED) is 0.665. The maximum absolute atomic E-state index is 13.0. The fraction of sp³-hybridized carbons (Fsp3) is 0.517. The largest absolute Gasteiger partial charge is 0.457 e. The molecule has 0 spiro atoms. The van der Waals surface area contributed by atoms with Crippen molar-refractivity contribution in [1.29, 1.82) is 0 Å². The average molecular weight is 473 g/mol. The van der Waals surface area contributed by atoms with Gasteiger partial charge < -0.3 is 15.0 Å². The van der Waals surface area contributed by atoms with E-state index in [1.54, 1.807) is 0 Å². The van der Waals surface area contributed by atoms with Crippen LogP contribution in [0, 0.1) is 5.92 Å². The van der Waals surface area contributed by atoms with Crippen molar-refractivity contribution in [1.82, 2.24) is 15.1 Å². The molecule has 35 heavy (non-hydrogen) atoms. The predicted octanol–water partition coefficient (Wildman–Crippen LogP) is 4.65. The van der Waals surface area contributed by atoms with Crippen LogP contribution in [0.5, 0.6) is 11.5 Å². The molecule has 0 aromatic heterocycles. The van der Waals surface area contributed by atoms with Crippen LogP contribution in [-0.2, 0) is 0 Å². The molecule has 4 aliphatic rings. The summed E-state index contributed by atoms with van der Waals surface area (Å²) in [6, 6.07) is 15.9. The Morgan fingerprint density at radius 1 is 1.06 bits per heavy atom. The van der Waals surface area contributed by atoms with Gasteiger partial charge in [-0.2, -0.15) is 0 Å². The van der Waals surface area contributed by atoms with Gasteiger partial charge in [0.05, 0.1) is 13.1 Å². The number of amides is 1. The molecule has 6 nitrogen and oxygen atoms in total. The lowest BCUT2D eigenvalue weighted by atomic mass is 9.72. The summed E-state index contributed by atoms with van der Waals surface area (Å²) in [5.41, 5.74) is 3.24. The number of benzene rings is 2. The highest BCUT2D eigenvalue weighted by atomic mass is 16.5. The van der Waals surface area contributed by atoms with Gasteiger partial charge in [0.2, 0.25) is 0 Å². The van der Waals surface area contributed by atoms with Crippen molar-refractivity contribution >= 4 is 11.7 Å². The van der Waals surface area contributed by atoms with E-state index in [0.717, 1.165) is 31.1 Å². The third kappa shape index (κ3) is 4.02. The molecule has 3 unspecified atom stereocenters. The second kappa shape index (κ2) is 9.30. The van der Waals surface area contributed by atoms with Crippen LogP contribution in [0.2, 0.25) is 0 Å². The molecule has 0 aliphatic carbocycles. The van der Waals surface area contributed by atoms with E-state index in [0.29, 0.717) is 42.6 Å². The Morgan fingerprint density at radius 2 is 1.80 bits per heavy atom. The zero-order chi connectivity index (χ0) is 23.9. The van der Waals surface area contributed by atoms with E-state index in [-0.39, 0.29) is 5.91 Å². The number of carbonyl (C=O) groups excluding carboxylic acids is 1. The third-order valence-corrected chi connectivity index (χ3v) is 8.59. The maximum atomic E-state index is 13.0. The van der Waals surface area contributed by atoms with Crippen molar-refractivity contribution in [2.75, 3.05) is 32.7 Å². The highest BCUT2D eigenvalue weighted by Crippen LogP contribution is 2.53. The predicted molar refractivity (Wildman–Crippen MR) is 139 cm³/mol. The Kier molecular flexibility index (Phi) is 6.01. The molecule has 6 rings (SSSR count). The zero-order valence-electron chi connectivity index (χ0n) is 20.9. The zero-order valence-corrected chi connectivity index (χ0v) is 20.9. The molecular formula is C29H36N4O2. The highest BCUT2D eigenvalue weighted by molar-refractivity contribution is 5.95. The van der Waals surface area contributed by atoms with Gasteiger partial charge >= 0.3 is 0 Å². The Labute approximate surface area is 208 Å². The molecule has 1 amide bonds. The summed E-state index contributed by atoms with van der Waals surface area (Å²) in [4.78, 5) is 22.3. The number of hydrogen-bond donors (Lipinski definition) is 1. The normalized spacial score (nSPS) is 26.9. The number of carbonyl (C=O) groups is 1. The Balaban J connectivity index is 1.31. The van der Waals surface area contributed by atoms with E-state index in [2.05, 4.69) is 39.5 Å². The first-order chi connectivity index (χ1) is 17.2. The number of nitrogens with zero attached hydrogens (tertiary/aromatic N) is 3. The second-order valence-electron chi connectivity index (χ2n) is 10.4. The molecule has 2 bridgehead atoms. The van der Waals surface area contributed by atoms with Crippen molar-refractivity contribution in [2.45, 2.75) is 57.5 Å². The first-order valence-electron chi connectivity index (χ1n) is 13.4. The molecule has 0 saturated carbocycles. The summed E-state index contributed by atoms with van der Waals surface area (Å²) >= 11 is 0. The van der Waals surface area contributed by atoms with Crippen LogP contribution in [0.1, 0.15) is 66.9 Å². The van der Waals surface area contributed by atoms with Gasteiger partial charge in [-0.3, -0.25) is 14.7 Å². The van der Waals surface area contributed by atoms with E-state index in [1.807, 2.05) is 36.9 Å². The third-order valence-electron chi connectivity index (χ3n) is 8.59. The fourth-order valence-corrected chi connectivity index (χ4v) is 6.90. The number of aliphatic imine (C=N–C) groups is 1. The van der Waals surface area contributed by atoms with Crippen LogP contribution >= 0.6 is 0 Å². The molecule has 184 valence electrons. The summed E-state index contributed by atoms with van der Waals surface area (Å²) in [6.07, 6.45) is 4.96. The van der Waals surface area contributed by atoms with Crippen molar-refractivity contribution < 1.29 is 9.53 Å². The van der Waals surface area contributed by atoms with E-state index < -0.39 is 0 Å². The number of hydrogen-bond acceptors (Lipinski definition) is 5. The average Bonchev–Trinajstić information content (AvgIpc) is 3.47. The lowest BCUT2D eigenvalue weighted by Crippen LogP contribution is -2.48. The molecule has 2 fully saturated rings.